The maximum absolute atomic E-state index is 13.8. The van der Waals surface area contributed by atoms with Crippen LogP contribution >= 0.6 is 0 Å². The number of halogens is 1. The van der Waals surface area contributed by atoms with E-state index in [2.05, 4.69) is 12.2 Å². The summed E-state index contributed by atoms with van der Waals surface area (Å²) in [6.45, 7) is 3.37. The van der Waals surface area contributed by atoms with Gasteiger partial charge in [-0.2, -0.15) is 0 Å². The first-order valence-electron chi connectivity index (χ1n) is 6.75. The van der Waals surface area contributed by atoms with Crippen LogP contribution in [-0.2, 0) is 6.42 Å². The van der Waals surface area contributed by atoms with Gasteiger partial charge < -0.3 is 10.1 Å². The van der Waals surface area contributed by atoms with E-state index in [1.165, 1.54) is 18.9 Å². The maximum atomic E-state index is 13.8. The molecule has 0 aromatic heterocycles. The predicted molar refractivity (Wildman–Crippen MR) is 71.5 cm³/mol. The smallest absolute Gasteiger partial charge is 0.130 e. The Balaban J connectivity index is 1.97. The van der Waals surface area contributed by atoms with Crippen LogP contribution in [0.5, 0.6) is 5.75 Å². The molecule has 1 fully saturated rings. The molecule has 1 saturated heterocycles. The molecule has 1 aromatic carbocycles. The standard InChI is InChI=1S/C15H22FNO/c1-11-8-9-17-12(10-11)6-7-13-14(16)4-3-5-15(13)18-2/h3-5,11-12,17H,6-10H2,1-2H3. The van der Waals surface area contributed by atoms with E-state index >= 15 is 0 Å². The van der Waals surface area contributed by atoms with Gasteiger partial charge in [0.2, 0.25) is 0 Å². The predicted octanol–water partition coefficient (Wildman–Crippen LogP) is 3.16. The summed E-state index contributed by atoms with van der Waals surface area (Å²) >= 11 is 0. The summed E-state index contributed by atoms with van der Waals surface area (Å²) in [5.41, 5.74) is 0.708. The Labute approximate surface area is 109 Å². The van der Waals surface area contributed by atoms with Gasteiger partial charge in [-0.3, -0.25) is 0 Å². The van der Waals surface area contributed by atoms with Gasteiger partial charge in [0.15, 0.2) is 0 Å². The lowest BCUT2D eigenvalue weighted by molar-refractivity contribution is 0.306. The number of hydrogen-bond donors (Lipinski definition) is 1. The third-order valence-corrected chi connectivity index (χ3v) is 3.80. The summed E-state index contributed by atoms with van der Waals surface area (Å²) in [5.74, 6) is 1.29. The van der Waals surface area contributed by atoms with Crippen LogP contribution in [0.2, 0.25) is 0 Å². The first-order chi connectivity index (χ1) is 8.70. The zero-order valence-corrected chi connectivity index (χ0v) is 11.2. The molecule has 1 N–H and O–H groups in total. The molecule has 0 aliphatic carbocycles. The van der Waals surface area contributed by atoms with Crippen molar-refractivity contribution in [1.29, 1.82) is 0 Å². The molecule has 2 unspecified atom stereocenters. The van der Waals surface area contributed by atoms with Crippen molar-refractivity contribution in [3.05, 3.63) is 29.6 Å². The molecule has 1 aliphatic rings. The van der Waals surface area contributed by atoms with Crippen LogP contribution in [0.15, 0.2) is 18.2 Å². The molecule has 0 bridgehead atoms. The zero-order chi connectivity index (χ0) is 13.0. The third kappa shape index (κ3) is 3.22. The van der Waals surface area contributed by atoms with Crippen LogP contribution in [0.25, 0.3) is 0 Å². The number of hydrogen-bond acceptors (Lipinski definition) is 2. The van der Waals surface area contributed by atoms with Gasteiger partial charge in [-0.25, -0.2) is 4.39 Å². The Hall–Kier alpha value is -1.09. The van der Waals surface area contributed by atoms with Crippen molar-refractivity contribution in [2.24, 2.45) is 5.92 Å². The van der Waals surface area contributed by atoms with Crippen LogP contribution in [0.1, 0.15) is 31.7 Å². The van der Waals surface area contributed by atoms with Crippen molar-refractivity contribution in [2.45, 2.75) is 38.6 Å². The van der Waals surface area contributed by atoms with E-state index in [1.54, 1.807) is 13.2 Å². The largest absolute Gasteiger partial charge is 0.496 e. The second kappa shape index (κ2) is 6.19. The highest BCUT2D eigenvalue weighted by Crippen LogP contribution is 2.25. The van der Waals surface area contributed by atoms with Gasteiger partial charge in [0.25, 0.3) is 0 Å². The van der Waals surface area contributed by atoms with Crippen molar-refractivity contribution in [1.82, 2.24) is 5.32 Å². The molecule has 0 amide bonds. The van der Waals surface area contributed by atoms with Crippen LogP contribution in [0.4, 0.5) is 4.39 Å². The normalized spacial score (nSPS) is 23.9. The number of piperidine rings is 1. The highest BCUT2D eigenvalue weighted by molar-refractivity contribution is 5.34. The number of benzene rings is 1. The number of nitrogens with one attached hydrogen (secondary N) is 1. The molecule has 0 saturated carbocycles. The molecule has 2 atom stereocenters. The molecule has 0 radical (unpaired) electrons. The molecule has 2 rings (SSSR count). The average Bonchev–Trinajstić information content (AvgIpc) is 2.37. The van der Waals surface area contributed by atoms with Crippen molar-refractivity contribution < 1.29 is 9.13 Å². The lowest BCUT2D eigenvalue weighted by Gasteiger charge is -2.28. The second-order valence-electron chi connectivity index (χ2n) is 5.24. The minimum Gasteiger partial charge on any atom is -0.496 e. The fourth-order valence-corrected chi connectivity index (χ4v) is 2.73. The van der Waals surface area contributed by atoms with Crippen molar-refractivity contribution in [2.75, 3.05) is 13.7 Å². The molecule has 1 aliphatic heterocycles. The van der Waals surface area contributed by atoms with Crippen molar-refractivity contribution in [3.63, 3.8) is 0 Å². The molecule has 18 heavy (non-hydrogen) atoms. The molecular formula is C15H22FNO. The van der Waals surface area contributed by atoms with Gasteiger partial charge >= 0.3 is 0 Å². The topological polar surface area (TPSA) is 21.3 Å². The molecule has 1 heterocycles. The Morgan fingerprint density at radius 3 is 3.00 bits per heavy atom. The van der Waals surface area contributed by atoms with E-state index < -0.39 is 0 Å². The molecule has 0 spiro atoms. The minimum atomic E-state index is -0.154. The second-order valence-corrected chi connectivity index (χ2v) is 5.24. The number of methoxy groups -OCH3 is 1. The van der Waals surface area contributed by atoms with Gasteiger partial charge in [0.05, 0.1) is 7.11 Å². The highest BCUT2D eigenvalue weighted by Gasteiger charge is 2.19. The summed E-state index contributed by atoms with van der Waals surface area (Å²) in [6.07, 6.45) is 4.15. The van der Waals surface area contributed by atoms with Gasteiger partial charge in [-0.05, 0) is 50.3 Å². The fraction of sp³-hybridized carbons (Fsp3) is 0.600. The summed E-state index contributed by atoms with van der Waals surface area (Å²) < 4.78 is 19.0. The summed E-state index contributed by atoms with van der Waals surface area (Å²) in [5, 5.41) is 3.51. The van der Waals surface area contributed by atoms with E-state index in [4.69, 9.17) is 4.74 Å². The van der Waals surface area contributed by atoms with E-state index in [-0.39, 0.29) is 5.82 Å². The van der Waals surface area contributed by atoms with Crippen LogP contribution < -0.4 is 10.1 Å². The molecule has 3 heteroatoms. The highest BCUT2D eigenvalue weighted by atomic mass is 19.1. The maximum Gasteiger partial charge on any atom is 0.130 e. The Bertz CT molecular complexity index is 394. The van der Waals surface area contributed by atoms with Gasteiger partial charge in [-0.15, -0.1) is 0 Å². The van der Waals surface area contributed by atoms with Gasteiger partial charge in [0.1, 0.15) is 11.6 Å². The van der Waals surface area contributed by atoms with E-state index in [1.807, 2.05) is 6.07 Å². The lowest BCUT2D eigenvalue weighted by Crippen LogP contribution is -2.37. The van der Waals surface area contributed by atoms with E-state index in [0.29, 0.717) is 17.4 Å². The number of rotatable bonds is 4. The molecule has 100 valence electrons. The first kappa shape index (κ1) is 13.3. The molecule has 2 nitrogen and oxygen atoms in total. The monoisotopic (exact) mass is 251 g/mol. The molecule has 1 aromatic rings. The SMILES string of the molecule is COc1cccc(F)c1CCC1CC(C)CCN1. The number of ether oxygens (including phenoxy) is 1. The van der Waals surface area contributed by atoms with E-state index in [9.17, 15) is 4.39 Å². The van der Waals surface area contributed by atoms with Crippen molar-refractivity contribution in [3.8, 4) is 5.75 Å². The quantitative estimate of drug-likeness (QED) is 0.887. The molecular weight excluding hydrogens is 229 g/mol. The summed E-state index contributed by atoms with van der Waals surface area (Å²) in [7, 11) is 1.60. The zero-order valence-electron chi connectivity index (χ0n) is 11.2. The average molecular weight is 251 g/mol. The third-order valence-electron chi connectivity index (χ3n) is 3.80. The summed E-state index contributed by atoms with van der Waals surface area (Å²) in [4.78, 5) is 0. The van der Waals surface area contributed by atoms with Crippen LogP contribution in [0, 0.1) is 11.7 Å². The van der Waals surface area contributed by atoms with E-state index in [0.717, 1.165) is 25.3 Å². The van der Waals surface area contributed by atoms with Crippen LogP contribution in [-0.4, -0.2) is 19.7 Å². The summed E-state index contributed by atoms with van der Waals surface area (Å²) in [6, 6.07) is 5.54. The van der Waals surface area contributed by atoms with Gasteiger partial charge in [0, 0.05) is 11.6 Å². The Morgan fingerprint density at radius 2 is 2.28 bits per heavy atom. The minimum absolute atomic E-state index is 0.154. The van der Waals surface area contributed by atoms with Gasteiger partial charge in [-0.1, -0.05) is 13.0 Å². The van der Waals surface area contributed by atoms with Crippen molar-refractivity contribution >= 4 is 0 Å². The van der Waals surface area contributed by atoms with Crippen LogP contribution in [0.3, 0.4) is 0 Å². The first-order valence-corrected chi connectivity index (χ1v) is 6.75. The lowest BCUT2D eigenvalue weighted by atomic mass is 9.90. The Morgan fingerprint density at radius 1 is 1.44 bits per heavy atom. The fourth-order valence-electron chi connectivity index (χ4n) is 2.73. The Kier molecular flexibility index (Phi) is 4.59.